The maximum atomic E-state index is 12.3. The minimum atomic E-state index is -0.179. The van der Waals surface area contributed by atoms with E-state index in [-0.39, 0.29) is 11.9 Å². The molecule has 5 nitrogen and oxygen atoms in total. The number of amides is 1. The van der Waals surface area contributed by atoms with Crippen molar-refractivity contribution in [2.75, 3.05) is 0 Å². The van der Waals surface area contributed by atoms with Crippen LogP contribution in [0.25, 0.3) is 11.0 Å². The Hall–Kier alpha value is -2.69. The van der Waals surface area contributed by atoms with Crippen LogP contribution in [0.2, 0.25) is 0 Å². The molecular weight excluding hydrogens is 288 g/mol. The van der Waals surface area contributed by atoms with Gasteiger partial charge in [0.15, 0.2) is 0 Å². The number of carbonyl (C=O) groups is 1. The molecule has 2 aromatic heterocycles. The van der Waals surface area contributed by atoms with Crippen LogP contribution < -0.4 is 5.32 Å². The number of fused-ring (bicyclic) bond motifs is 1. The van der Waals surface area contributed by atoms with Gasteiger partial charge < -0.3 is 9.88 Å². The number of para-hydroxylation sites is 2. The van der Waals surface area contributed by atoms with Crippen LogP contribution in [-0.2, 0) is 6.54 Å². The zero-order valence-corrected chi connectivity index (χ0v) is 13.4. The van der Waals surface area contributed by atoms with Gasteiger partial charge in [-0.3, -0.25) is 9.78 Å². The number of rotatable bonds is 5. The predicted octanol–water partition coefficient (Wildman–Crippen LogP) is 3.33. The third-order valence-corrected chi connectivity index (χ3v) is 3.79. The van der Waals surface area contributed by atoms with Crippen LogP contribution in [0.4, 0.5) is 0 Å². The van der Waals surface area contributed by atoms with Gasteiger partial charge in [0, 0.05) is 18.9 Å². The molecule has 0 aliphatic carbocycles. The molecule has 2 heterocycles. The summed E-state index contributed by atoms with van der Waals surface area (Å²) in [4.78, 5) is 21.0. The summed E-state index contributed by atoms with van der Waals surface area (Å²) in [5, 5.41) is 3.01. The standard InChI is InChI=1S/C18H20N4O/c1-3-11-22-16-9-5-4-8-15(16)21-17(22)13(2)20-18(23)14-7-6-10-19-12-14/h4-10,12-13H,3,11H2,1-2H3,(H,20,23). The minimum absolute atomic E-state index is 0.138. The fraction of sp³-hybridized carbons (Fsp3) is 0.278. The average molecular weight is 308 g/mol. The topological polar surface area (TPSA) is 59.8 Å². The Bertz CT molecular complexity index is 810. The Balaban J connectivity index is 1.90. The SMILES string of the molecule is CCCn1c(C(C)NC(=O)c2cccnc2)nc2ccccc21. The molecule has 5 heteroatoms. The highest BCUT2D eigenvalue weighted by Crippen LogP contribution is 2.21. The van der Waals surface area contributed by atoms with Crippen molar-refractivity contribution in [1.29, 1.82) is 0 Å². The number of benzene rings is 1. The first kappa shape index (κ1) is 15.2. The number of nitrogens with zero attached hydrogens (tertiary/aromatic N) is 3. The molecule has 1 aromatic carbocycles. The van der Waals surface area contributed by atoms with Crippen molar-refractivity contribution in [2.24, 2.45) is 0 Å². The average Bonchev–Trinajstić information content (AvgIpc) is 2.95. The lowest BCUT2D eigenvalue weighted by Gasteiger charge is -2.16. The Morgan fingerprint density at radius 2 is 2.09 bits per heavy atom. The second-order valence-electron chi connectivity index (χ2n) is 5.55. The molecule has 0 bridgehead atoms. The van der Waals surface area contributed by atoms with Crippen molar-refractivity contribution in [1.82, 2.24) is 19.9 Å². The van der Waals surface area contributed by atoms with Crippen LogP contribution in [0.3, 0.4) is 0 Å². The van der Waals surface area contributed by atoms with E-state index in [1.807, 2.05) is 25.1 Å². The Morgan fingerprint density at radius 3 is 2.83 bits per heavy atom. The number of pyridine rings is 1. The second-order valence-corrected chi connectivity index (χ2v) is 5.55. The quantitative estimate of drug-likeness (QED) is 0.786. The van der Waals surface area contributed by atoms with Gasteiger partial charge in [0.2, 0.25) is 0 Å². The number of nitrogens with one attached hydrogen (secondary N) is 1. The van der Waals surface area contributed by atoms with Gasteiger partial charge >= 0.3 is 0 Å². The van der Waals surface area contributed by atoms with Crippen molar-refractivity contribution in [3.63, 3.8) is 0 Å². The third kappa shape index (κ3) is 3.08. The summed E-state index contributed by atoms with van der Waals surface area (Å²) in [6, 6.07) is 11.4. The molecule has 3 aromatic rings. The summed E-state index contributed by atoms with van der Waals surface area (Å²) in [5.74, 6) is 0.742. The van der Waals surface area contributed by atoms with E-state index < -0.39 is 0 Å². The van der Waals surface area contributed by atoms with Gasteiger partial charge in [-0.1, -0.05) is 19.1 Å². The number of carbonyl (C=O) groups excluding carboxylic acids is 1. The third-order valence-electron chi connectivity index (χ3n) is 3.79. The second kappa shape index (κ2) is 6.60. The van der Waals surface area contributed by atoms with Gasteiger partial charge in [-0.15, -0.1) is 0 Å². The van der Waals surface area contributed by atoms with Crippen LogP contribution in [0.15, 0.2) is 48.8 Å². The summed E-state index contributed by atoms with van der Waals surface area (Å²) in [5.41, 5.74) is 2.61. The molecule has 1 unspecified atom stereocenters. The Labute approximate surface area is 135 Å². The number of hydrogen-bond acceptors (Lipinski definition) is 3. The molecule has 0 aliphatic rings. The largest absolute Gasteiger partial charge is 0.342 e. The first-order chi connectivity index (χ1) is 11.2. The van der Waals surface area contributed by atoms with Gasteiger partial charge in [0.25, 0.3) is 5.91 Å². The minimum Gasteiger partial charge on any atom is -0.342 e. The number of aromatic nitrogens is 3. The molecule has 0 saturated carbocycles. The van der Waals surface area contributed by atoms with Gasteiger partial charge in [0.1, 0.15) is 5.82 Å². The van der Waals surface area contributed by atoms with Gasteiger partial charge in [0.05, 0.1) is 22.6 Å². The van der Waals surface area contributed by atoms with Crippen molar-refractivity contribution in [2.45, 2.75) is 32.9 Å². The molecule has 0 radical (unpaired) electrons. The number of hydrogen-bond donors (Lipinski definition) is 1. The lowest BCUT2D eigenvalue weighted by Crippen LogP contribution is -2.28. The molecule has 0 saturated heterocycles. The van der Waals surface area contributed by atoms with Crippen molar-refractivity contribution < 1.29 is 4.79 Å². The smallest absolute Gasteiger partial charge is 0.253 e. The summed E-state index contributed by atoms with van der Waals surface area (Å²) in [7, 11) is 0. The maximum Gasteiger partial charge on any atom is 0.253 e. The first-order valence-corrected chi connectivity index (χ1v) is 7.86. The molecular formula is C18H20N4O. The van der Waals surface area contributed by atoms with Crippen molar-refractivity contribution in [3.8, 4) is 0 Å². The van der Waals surface area contributed by atoms with E-state index in [4.69, 9.17) is 4.98 Å². The van der Waals surface area contributed by atoms with E-state index >= 15 is 0 Å². The summed E-state index contributed by atoms with van der Waals surface area (Å²) in [6.07, 6.45) is 4.23. The van der Waals surface area contributed by atoms with E-state index in [1.165, 1.54) is 0 Å². The van der Waals surface area contributed by atoms with E-state index in [0.717, 1.165) is 29.8 Å². The fourth-order valence-electron chi connectivity index (χ4n) is 2.72. The van der Waals surface area contributed by atoms with E-state index in [1.54, 1.807) is 24.5 Å². The lowest BCUT2D eigenvalue weighted by molar-refractivity contribution is 0.0937. The van der Waals surface area contributed by atoms with Crippen molar-refractivity contribution in [3.05, 3.63) is 60.2 Å². The molecule has 1 N–H and O–H groups in total. The summed E-state index contributed by atoms with van der Waals surface area (Å²) >= 11 is 0. The zero-order chi connectivity index (χ0) is 16.2. The first-order valence-electron chi connectivity index (χ1n) is 7.86. The summed E-state index contributed by atoms with van der Waals surface area (Å²) < 4.78 is 2.18. The Morgan fingerprint density at radius 1 is 1.26 bits per heavy atom. The summed E-state index contributed by atoms with van der Waals surface area (Å²) in [6.45, 7) is 4.97. The number of imidazole rings is 1. The molecule has 0 spiro atoms. The lowest BCUT2D eigenvalue weighted by atomic mass is 10.2. The highest BCUT2D eigenvalue weighted by molar-refractivity contribution is 5.94. The van der Waals surface area contributed by atoms with Gasteiger partial charge in [-0.2, -0.15) is 0 Å². The molecule has 1 atom stereocenters. The molecule has 3 rings (SSSR count). The van der Waals surface area contributed by atoms with Crippen LogP contribution in [0.1, 0.15) is 42.5 Å². The highest BCUT2D eigenvalue weighted by atomic mass is 16.1. The van der Waals surface area contributed by atoms with E-state index in [0.29, 0.717) is 5.56 Å². The molecule has 0 fully saturated rings. The van der Waals surface area contributed by atoms with Crippen LogP contribution in [0, 0.1) is 0 Å². The van der Waals surface area contributed by atoms with Crippen LogP contribution in [-0.4, -0.2) is 20.4 Å². The fourth-order valence-corrected chi connectivity index (χ4v) is 2.72. The molecule has 0 aliphatic heterocycles. The van der Waals surface area contributed by atoms with Gasteiger partial charge in [-0.05, 0) is 37.6 Å². The monoisotopic (exact) mass is 308 g/mol. The van der Waals surface area contributed by atoms with Gasteiger partial charge in [-0.25, -0.2) is 4.98 Å². The molecule has 1 amide bonds. The van der Waals surface area contributed by atoms with Crippen LogP contribution >= 0.6 is 0 Å². The molecule has 118 valence electrons. The number of aryl methyl sites for hydroxylation is 1. The Kier molecular flexibility index (Phi) is 4.37. The van der Waals surface area contributed by atoms with Crippen LogP contribution in [0.5, 0.6) is 0 Å². The normalized spacial score (nSPS) is 12.3. The highest BCUT2D eigenvalue weighted by Gasteiger charge is 2.18. The molecule has 23 heavy (non-hydrogen) atoms. The van der Waals surface area contributed by atoms with E-state index in [2.05, 4.69) is 27.9 Å². The van der Waals surface area contributed by atoms with Crippen molar-refractivity contribution >= 4 is 16.9 Å². The predicted molar refractivity (Wildman–Crippen MR) is 90.1 cm³/mol. The zero-order valence-electron chi connectivity index (χ0n) is 13.4. The van der Waals surface area contributed by atoms with E-state index in [9.17, 15) is 4.79 Å². The maximum absolute atomic E-state index is 12.3.